The summed E-state index contributed by atoms with van der Waals surface area (Å²) in [4.78, 5) is 0. The zero-order valence-electron chi connectivity index (χ0n) is 9.03. The molecule has 0 saturated heterocycles. The van der Waals surface area contributed by atoms with Crippen LogP contribution in [-0.4, -0.2) is 17.3 Å². The normalized spacial score (nSPS) is 17.2. The predicted molar refractivity (Wildman–Crippen MR) is 62.9 cm³/mol. The SMILES string of the molecule is N#Cc1ccc(N)c(NC2(CO)CCC2)c1. The zero-order chi connectivity index (χ0) is 11.6. The van der Waals surface area contributed by atoms with E-state index in [0.717, 1.165) is 24.9 Å². The van der Waals surface area contributed by atoms with Crippen molar-refractivity contribution in [2.75, 3.05) is 17.7 Å². The molecule has 0 unspecified atom stereocenters. The van der Waals surface area contributed by atoms with Gasteiger partial charge in [0, 0.05) is 0 Å². The molecule has 4 N–H and O–H groups in total. The van der Waals surface area contributed by atoms with E-state index in [2.05, 4.69) is 11.4 Å². The lowest BCUT2D eigenvalue weighted by Crippen LogP contribution is -2.48. The molecule has 0 amide bonds. The topological polar surface area (TPSA) is 82.1 Å². The van der Waals surface area contributed by atoms with Crippen LogP contribution >= 0.6 is 0 Å². The lowest BCUT2D eigenvalue weighted by atomic mass is 9.77. The van der Waals surface area contributed by atoms with Crippen LogP contribution in [0.4, 0.5) is 11.4 Å². The van der Waals surface area contributed by atoms with E-state index >= 15 is 0 Å². The fourth-order valence-electron chi connectivity index (χ4n) is 1.95. The van der Waals surface area contributed by atoms with Gasteiger partial charge in [-0.05, 0) is 37.5 Å². The van der Waals surface area contributed by atoms with Crippen molar-refractivity contribution in [2.24, 2.45) is 0 Å². The number of anilines is 2. The minimum Gasteiger partial charge on any atom is -0.397 e. The van der Waals surface area contributed by atoms with Gasteiger partial charge in [-0.15, -0.1) is 0 Å². The first-order valence-corrected chi connectivity index (χ1v) is 5.38. The number of nitrogen functional groups attached to an aromatic ring is 1. The molecular formula is C12H15N3O. The van der Waals surface area contributed by atoms with Crippen LogP contribution in [0.3, 0.4) is 0 Å². The van der Waals surface area contributed by atoms with E-state index < -0.39 is 0 Å². The van der Waals surface area contributed by atoms with Gasteiger partial charge in [-0.1, -0.05) is 0 Å². The van der Waals surface area contributed by atoms with Crippen LogP contribution in [0.2, 0.25) is 0 Å². The molecule has 0 aromatic heterocycles. The standard InChI is InChI=1S/C12H15N3O/c13-7-9-2-3-10(14)11(6-9)15-12(8-16)4-1-5-12/h2-3,6,15-16H,1,4-5,8,14H2. The second-order valence-corrected chi connectivity index (χ2v) is 4.33. The highest BCUT2D eigenvalue weighted by atomic mass is 16.3. The number of hydrogen-bond donors (Lipinski definition) is 3. The predicted octanol–water partition coefficient (Wildman–Crippen LogP) is 1.47. The zero-order valence-corrected chi connectivity index (χ0v) is 9.03. The molecule has 0 spiro atoms. The summed E-state index contributed by atoms with van der Waals surface area (Å²) in [6.45, 7) is 0.100. The molecular weight excluding hydrogens is 202 g/mol. The maximum absolute atomic E-state index is 9.35. The first-order valence-electron chi connectivity index (χ1n) is 5.38. The van der Waals surface area contributed by atoms with E-state index in [1.807, 2.05) is 0 Å². The molecule has 1 aliphatic carbocycles. The van der Waals surface area contributed by atoms with Crippen LogP contribution in [0.5, 0.6) is 0 Å². The van der Waals surface area contributed by atoms with E-state index in [0.29, 0.717) is 11.3 Å². The Morgan fingerprint density at radius 1 is 1.50 bits per heavy atom. The highest BCUT2D eigenvalue weighted by Gasteiger charge is 2.36. The number of rotatable bonds is 3. The van der Waals surface area contributed by atoms with Gasteiger partial charge in [0.15, 0.2) is 0 Å². The van der Waals surface area contributed by atoms with E-state index in [4.69, 9.17) is 11.0 Å². The van der Waals surface area contributed by atoms with E-state index in [1.165, 1.54) is 0 Å². The number of nitriles is 1. The summed E-state index contributed by atoms with van der Waals surface area (Å²) in [6.07, 6.45) is 3.00. The molecule has 4 nitrogen and oxygen atoms in total. The van der Waals surface area contributed by atoms with Crippen molar-refractivity contribution in [2.45, 2.75) is 24.8 Å². The molecule has 0 heterocycles. The van der Waals surface area contributed by atoms with Crippen LogP contribution < -0.4 is 11.1 Å². The molecule has 84 valence electrons. The Morgan fingerprint density at radius 2 is 2.25 bits per heavy atom. The highest BCUT2D eigenvalue weighted by Crippen LogP contribution is 2.36. The first kappa shape index (κ1) is 10.8. The molecule has 0 atom stereocenters. The number of hydrogen-bond acceptors (Lipinski definition) is 4. The second kappa shape index (κ2) is 4.03. The third-order valence-corrected chi connectivity index (χ3v) is 3.20. The van der Waals surface area contributed by atoms with Crippen molar-refractivity contribution >= 4 is 11.4 Å². The van der Waals surface area contributed by atoms with Gasteiger partial charge in [-0.25, -0.2) is 0 Å². The highest BCUT2D eigenvalue weighted by molar-refractivity contribution is 5.69. The molecule has 0 aliphatic heterocycles. The Bertz CT molecular complexity index is 427. The van der Waals surface area contributed by atoms with Crippen molar-refractivity contribution in [3.63, 3.8) is 0 Å². The van der Waals surface area contributed by atoms with Crippen LogP contribution in [0.15, 0.2) is 18.2 Å². The number of nitrogens with two attached hydrogens (primary N) is 1. The molecule has 1 aromatic carbocycles. The summed E-state index contributed by atoms with van der Waals surface area (Å²) in [5.74, 6) is 0. The van der Waals surface area contributed by atoms with Crippen LogP contribution in [0.25, 0.3) is 0 Å². The Labute approximate surface area is 94.7 Å². The maximum atomic E-state index is 9.35. The second-order valence-electron chi connectivity index (χ2n) is 4.33. The van der Waals surface area contributed by atoms with Gasteiger partial charge in [0.05, 0.1) is 35.2 Å². The molecule has 2 rings (SSSR count). The van der Waals surface area contributed by atoms with E-state index in [-0.39, 0.29) is 12.1 Å². The Kier molecular flexibility index (Phi) is 2.71. The third kappa shape index (κ3) is 1.82. The number of nitrogens with zero attached hydrogens (tertiary/aromatic N) is 1. The average Bonchev–Trinajstić information content (AvgIpc) is 2.26. The summed E-state index contributed by atoms with van der Waals surface area (Å²) < 4.78 is 0. The van der Waals surface area contributed by atoms with Crippen LogP contribution in [0.1, 0.15) is 24.8 Å². The summed E-state index contributed by atoms with van der Waals surface area (Å²) in [6, 6.07) is 7.20. The van der Waals surface area contributed by atoms with Crippen LogP contribution in [0, 0.1) is 11.3 Å². The van der Waals surface area contributed by atoms with Gasteiger partial charge in [0.2, 0.25) is 0 Å². The molecule has 16 heavy (non-hydrogen) atoms. The lowest BCUT2D eigenvalue weighted by molar-refractivity contribution is 0.144. The summed E-state index contributed by atoms with van der Waals surface area (Å²) in [5.41, 5.74) is 7.52. The van der Waals surface area contributed by atoms with Crippen LogP contribution in [-0.2, 0) is 0 Å². The van der Waals surface area contributed by atoms with Crippen molar-refractivity contribution in [1.29, 1.82) is 5.26 Å². The molecule has 0 bridgehead atoms. The molecule has 1 aliphatic rings. The third-order valence-electron chi connectivity index (χ3n) is 3.20. The maximum Gasteiger partial charge on any atom is 0.0992 e. The quantitative estimate of drug-likeness (QED) is 0.669. The van der Waals surface area contributed by atoms with Gasteiger partial charge >= 0.3 is 0 Å². The average molecular weight is 217 g/mol. The minimum atomic E-state index is -0.234. The lowest BCUT2D eigenvalue weighted by Gasteiger charge is -2.42. The van der Waals surface area contributed by atoms with Crippen molar-refractivity contribution in [1.82, 2.24) is 0 Å². The number of benzene rings is 1. The Hall–Kier alpha value is -1.73. The summed E-state index contributed by atoms with van der Waals surface area (Å²) >= 11 is 0. The smallest absolute Gasteiger partial charge is 0.0992 e. The fourth-order valence-corrected chi connectivity index (χ4v) is 1.95. The van der Waals surface area contributed by atoms with E-state index in [1.54, 1.807) is 18.2 Å². The van der Waals surface area contributed by atoms with Gasteiger partial charge in [0.1, 0.15) is 0 Å². The summed E-state index contributed by atoms with van der Waals surface area (Å²) in [5, 5.41) is 21.4. The van der Waals surface area contributed by atoms with Gasteiger partial charge in [-0.2, -0.15) is 5.26 Å². The van der Waals surface area contributed by atoms with E-state index in [9.17, 15) is 5.11 Å². The molecule has 4 heteroatoms. The largest absolute Gasteiger partial charge is 0.397 e. The van der Waals surface area contributed by atoms with Crippen molar-refractivity contribution in [3.05, 3.63) is 23.8 Å². The number of aliphatic hydroxyl groups excluding tert-OH is 1. The summed E-state index contributed by atoms with van der Waals surface area (Å²) in [7, 11) is 0. The molecule has 1 aromatic rings. The van der Waals surface area contributed by atoms with Crippen molar-refractivity contribution in [3.8, 4) is 6.07 Å². The Balaban J connectivity index is 2.23. The van der Waals surface area contributed by atoms with Gasteiger partial charge < -0.3 is 16.2 Å². The molecule has 0 radical (unpaired) electrons. The molecule has 1 saturated carbocycles. The first-order chi connectivity index (χ1) is 7.69. The van der Waals surface area contributed by atoms with Gasteiger partial charge in [0.25, 0.3) is 0 Å². The van der Waals surface area contributed by atoms with Gasteiger partial charge in [-0.3, -0.25) is 0 Å². The Morgan fingerprint density at radius 3 is 2.75 bits per heavy atom. The number of nitrogens with one attached hydrogen (secondary N) is 1. The fraction of sp³-hybridized carbons (Fsp3) is 0.417. The monoisotopic (exact) mass is 217 g/mol. The molecule has 1 fully saturated rings. The minimum absolute atomic E-state index is 0.100. The van der Waals surface area contributed by atoms with Crippen molar-refractivity contribution < 1.29 is 5.11 Å². The number of aliphatic hydroxyl groups is 1.